The van der Waals surface area contributed by atoms with Crippen LogP contribution in [0.15, 0.2) is 18.2 Å². The maximum atomic E-state index is 12.2. The second-order valence-electron chi connectivity index (χ2n) is 4.58. The summed E-state index contributed by atoms with van der Waals surface area (Å²) < 4.78 is 5.53. The molecule has 5 nitrogen and oxygen atoms in total. The van der Waals surface area contributed by atoms with Crippen LogP contribution in [0.3, 0.4) is 0 Å². The molecule has 1 aromatic carbocycles. The molecular formula is C14H16ClN3O2. The minimum atomic E-state index is -0.182. The predicted molar refractivity (Wildman–Crippen MR) is 76.8 cm³/mol. The summed E-state index contributed by atoms with van der Waals surface area (Å²) in [6, 6.07) is 6.65. The van der Waals surface area contributed by atoms with Crippen LogP contribution in [-0.4, -0.2) is 36.7 Å². The van der Waals surface area contributed by atoms with Crippen molar-refractivity contribution in [1.82, 2.24) is 4.90 Å². The van der Waals surface area contributed by atoms with E-state index in [-0.39, 0.29) is 12.1 Å². The van der Waals surface area contributed by atoms with Crippen LogP contribution >= 0.6 is 11.6 Å². The quantitative estimate of drug-likeness (QED) is 0.912. The number of ether oxygens (including phenoxy) is 1. The van der Waals surface area contributed by atoms with E-state index < -0.39 is 0 Å². The van der Waals surface area contributed by atoms with Gasteiger partial charge < -0.3 is 15.0 Å². The number of rotatable bonds is 2. The molecule has 0 bridgehead atoms. The summed E-state index contributed by atoms with van der Waals surface area (Å²) in [5.41, 5.74) is 0.911. The molecule has 2 rings (SSSR count). The lowest BCUT2D eigenvalue weighted by Crippen LogP contribution is -2.47. The van der Waals surface area contributed by atoms with Crippen molar-refractivity contribution in [2.24, 2.45) is 0 Å². The van der Waals surface area contributed by atoms with Gasteiger partial charge in [0.2, 0.25) is 0 Å². The summed E-state index contributed by atoms with van der Waals surface area (Å²) in [5.74, 6) is 0. The lowest BCUT2D eigenvalue weighted by atomic mass is 10.2. The Hall–Kier alpha value is -1.77. The van der Waals surface area contributed by atoms with Gasteiger partial charge in [-0.05, 0) is 24.6 Å². The van der Waals surface area contributed by atoms with Gasteiger partial charge in [-0.2, -0.15) is 5.26 Å². The van der Waals surface area contributed by atoms with Crippen LogP contribution in [0.5, 0.6) is 0 Å². The lowest BCUT2D eigenvalue weighted by Gasteiger charge is -2.32. The number of anilines is 1. The second-order valence-corrected chi connectivity index (χ2v) is 4.99. The first-order valence-electron chi connectivity index (χ1n) is 6.51. The van der Waals surface area contributed by atoms with Gasteiger partial charge >= 0.3 is 6.03 Å². The standard InChI is InChI=1S/C14H16ClN3O2/c1-2-12-9-18(5-6-20-12)14(19)17-11-3-4-13(15)10(7-11)8-16/h3-4,7,12H,2,5-6,9H2,1H3,(H,17,19)/t12-/m1/s1. The van der Waals surface area contributed by atoms with Crippen LogP contribution in [0, 0.1) is 11.3 Å². The van der Waals surface area contributed by atoms with Gasteiger partial charge in [0, 0.05) is 18.8 Å². The largest absolute Gasteiger partial charge is 0.375 e. The highest BCUT2D eigenvalue weighted by Crippen LogP contribution is 2.20. The number of hydrogen-bond donors (Lipinski definition) is 1. The van der Waals surface area contributed by atoms with E-state index in [4.69, 9.17) is 21.6 Å². The summed E-state index contributed by atoms with van der Waals surface area (Å²) in [5, 5.41) is 12.1. The number of nitrogens with one attached hydrogen (secondary N) is 1. The first-order chi connectivity index (χ1) is 9.63. The smallest absolute Gasteiger partial charge is 0.322 e. The minimum absolute atomic E-state index is 0.0920. The van der Waals surface area contributed by atoms with E-state index in [0.29, 0.717) is 36.0 Å². The molecule has 1 heterocycles. The van der Waals surface area contributed by atoms with Gasteiger partial charge in [-0.25, -0.2) is 4.79 Å². The molecule has 1 N–H and O–H groups in total. The zero-order valence-electron chi connectivity index (χ0n) is 11.2. The number of nitrogens with zero attached hydrogens (tertiary/aromatic N) is 2. The van der Waals surface area contributed by atoms with E-state index >= 15 is 0 Å². The number of halogens is 1. The Labute approximate surface area is 123 Å². The van der Waals surface area contributed by atoms with Gasteiger partial charge in [0.25, 0.3) is 0 Å². The molecule has 1 atom stereocenters. The van der Waals surface area contributed by atoms with Crippen molar-refractivity contribution < 1.29 is 9.53 Å². The van der Waals surface area contributed by atoms with Crippen LogP contribution in [0.4, 0.5) is 10.5 Å². The van der Waals surface area contributed by atoms with E-state index in [0.717, 1.165) is 6.42 Å². The van der Waals surface area contributed by atoms with E-state index in [1.807, 2.05) is 13.0 Å². The average Bonchev–Trinajstić information content (AvgIpc) is 2.49. The van der Waals surface area contributed by atoms with Crippen LogP contribution < -0.4 is 5.32 Å². The first kappa shape index (κ1) is 14.6. The van der Waals surface area contributed by atoms with Gasteiger partial charge in [-0.15, -0.1) is 0 Å². The molecule has 0 aromatic heterocycles. The molecule has 1 fully saturated rings. The Morgan fingerprint density at radius 2 is 2.45 bits per heavy atom. The normalized spacial score (nSPS) is 18.4. The van der Waals surface area contributed by atoms with Crippen LogP contribution in [0.25, 0.3) is 0 Å². The molecular weight excluding hydrogens is 278 g/mol. The number of benzene rings is 1. The summed E-state index contributed by atoms with van der Waals surface area (Å²) in [6.45, 7) is 3.74. The number of carbonyl (C=O) groups excluding carboxylic acids is 1. The fourth-order valence-electron chi connectivity index (χ4n) is 2.04. The topological polar surface area (TPSA) is 65.4 Å². The molecule has 0 saturated carbocycles. The number of carbonyl (C=O) groups is 1. The highest BCUT2D eigenvalue weighted by Gasteiger charge is 2.23. The number of morpholine rings is 1. The highest BCUT2D eigenvalue weighted by molar-refractivity contribution is 6.31. The number of hydrogen-bond acceptors (Lipinski definition) is 3. The average molecular weight is 294 g/mol. The van der Waals surface area contributed by atoms with Gasteiger partial charge in [-0.1, -0.05) is 18.5 Å². The SMILES string of the molecule is CC[C@@H]1CN(C(=O)Nc2ccc(Cl)c(C#N)c2)CCO1. The number of nitriles is 1. The van der Waals surface area contributed by atoms with Gasteiger partial charge in [0.05, 0.1) is 23.3 Å². The molecule has 1 aliphatic heterocycles. The van der Waals surface area contributed by atoms with Gasteiger partial charge in [0.15, 0.2) is 0 Å². The minimum Gasteiger partial charge on any atom is -0.375 e. The maximum absolute atomic E-state index is 12.2. The molecule has 0 spiro atoms. The van der Waals surface area contributed by atoms with Gasteiger partial charge in [0.1, 0.15) is 6.07 Å². The van der Waals surface area contributed by atoms with Crippen LogP contribution in [0.2, 0.25) is 5.02 Å². The van der Waals surface area contributed by atoms with Crippen molar-refractivity contribution in [1.29, 1.82) is 5.26 Å². The van der Waals surface area contributed by atoms with E-state index in [9.17, 15) is 4.79 Å². The lowest BCUT2D eigenvalue weighted by molar-refractivity contribution is -0.0134. The van der Waals surface area contributed by atoms with Crippen molar-refractivity contribution in [3.05, 3.63) is 28.8 Å². The predicted octanol–water partition coefficient (Wildman–Crippen LogP) is 2.85. The van der Waals surface area contributed by atoms with Crippen LogP contribution in [-0.2, 0) is 4.74 Å². The third kappa shape index (κ3) is 3.41. The van der Waals surface area contributed by atoms with E-state index in [1.165, 1.54) is 0 Å². The zero-order chi connectivity index (χ0) is 14.5. The van der Waals surface area contributed by atoms with E-state index in [1.54, 1.807) is 23.1 Å². The molecule has 6 heteroatoms. The Balaban J connectivity index is 2.02. The third-order valence-corrected chi connectivity index (χ3v) is 3.55. The Bertz CT molecular complexity index is 542. The Morgan fingerprint density at radius 1 is 1.65 bits per heavy atom. The molecule has 1 aliphatic rings. The van der Waals surface area contributed by atoms with E-state index in [2.05, 4.69) is 5.32 Å². The summed E-state index contributed by atoms with van der Waals surface area (Å²) >= 11 is 5.86. The van der Waals surface area contributed by atoms with Crippen LogP contribution in [0.1, 0.15) is 18.9 Å². The van der Waals surface area contributed by atoms with Crippen molar-refractivity contribution in [3.63, 3.8) is 0 Å². The first-order valence-corrected chi connectivity index (χ1v) is 6.89. The highest BCUT2D eigenvalue weighted by atomic mass is 35.5. The molecule has 0 unspecified atom stereocenters. The van der Waals surface area contributed by atoms with Crippen molar-refractivity contribution in [2.45, 2.75) is 19.4 Å². The summed E-state index contributed by atoms with van der Waals surface area (Å²) in [6.07, 6.45) is 0.970. The third-order valence-electron chi connectivity index (χ3n) is 3.22. The second kappa shape index (κ2) is 6.60. The molecule has 0 aliphatic carbocycles. The summed E-state index contributed by atoms with van der Waals surface area (Å²) in [7, 11) is 0. The fourth-order valence-corrected chi connectivity index (χ4v) is 2.20. The van der Waals surface area contributed by atoms with Crippen molar-refractivity contribution in [2.75, 3.05) is 25.0 Å². The fraction of sp³-hybridized carbons (Fsp3) is 0.429. The Morgan fingerprint density at radius 3 is 3.15 bits per heavy atom. The molecule has 20 heavy (non-hydrogen) atoms. The molecule has 2 amide bonds. The van der Waals surface area contributed by atoms with Gasteiger partial charge in [-0.3, -0.25) is 0 Å². The summed E-state index contributed by atoms with van der Waals surface area (Å²) in [4.78, 5) is 13.9. The molecule has 0 radical (unpaired) electrons. The monoisotopic (exact) mass is 293 g/mol. The molecule has 1 saturated heterocycles. The molecule has 106 valence electrons. The van der Waals surface area contributed by atoms with Crippen molar-refractivity contribution in [3.8, 4) is 6.07 Å². The van der Waals surface area contributed by atoms with Crippen molar-refractivity contribution >= 4 is 23.3 Å². The number of urea groups is 1. The molecule has 1 aromatic rings. The Kier molecular flexibility index (Phi) is 4.83. The number of amides is 2. The maximum Gasteiger partial charge on any atom is 0.322 e. The zero-order valence-corrected chi connectivity index (χ0v) is 12.0.